The van der Waals surface area contributed by atoms with Crippen LogP contribution in [0.5, 0.6) is 5.75 Å². The molecule has 23 heavy (non-hydrogen) atoms. The van der Waals surface area contributed by atoms with Crippen LogP contribution < -0.4 is 10.1 Å². The van der Waals surface area contributed by atoms with Crippen LogP contribution in [-0.4, -0.2) is 32.0 Å². The fourth-order valence-electron chi connectivity index (χ4n) is 2.17. The maximum Gasteiger partial charge on any atom is 0.255 e. The second kappa shape index (κ2) is 7.19. The molecule has 0 bridgehead atoms. The second-order valence-electron chi connectivity index (χ2n) is 5.36. The van der Waals surface area contributed by atoms with E-state index in [1.165, 1.54) is 7.11 Å². The van der Waals surface area contributed by atoms with E-state index in [0.29, 0.717) is 12.1 Å². The predicted octanol–water partition coefficient (Wildman–Crippen LogP) is 3.29. The molecule has 0 unspecified atom stereocenters. The van der Waals surface area contributed by atoms with E-state index in [2.05, 4.69) is 5.32 Å². The van der Waals surface area contributed by atoms with Crippen molar-refractivity contribution in [2.24, 2.45) is 0 Å². The van der Waals surface area contributed by atoms with Crippen molar-refractivity contribution in [2.45, 2.75) is 6.54 Å². The Morgan fingerprint density at radius 2 is 1.87 bits per heavy atom. The zero-order valence-corrected chi connectivity index (χ0v) is 13.2. The molecule has 0 spiro atoms. The van der Waals surface area contributed by atoms with E-state index in [9.17, 15) is 13.6 Å². The summed E-state index contributed by atoms with van der Waals surface area (Å²) in [7, 11) is 5.18. The van der Waals surface area contributed by atoms with Gasteiger partial charge >= 0.3 is 0 Å². The predicted molar refractivity (Wildman–Crippen MR) is 84.7 cm³/mol. The van der Waals surface area contributed by atoms with Crippen molar-refractivity contribution in [3.63, 3.8) is 0 Å². The molecule has 2 rings (SSSR count). The third-order valence-electron chi connectivity index (χ3n) is 3.18. The van der Waals surface area contributed by atoms with Gasteiger partial charge in [-0.25, -0.2) is 8.78 Å². The Labute approximate surface area is 133 Å². The highest BCUT2D eigenvalue weighted by Gasteiger charge is 2.14. The van der Waals surface area contributed by atoms with Crippen LogP contribution in [0.4, 0.5) is 14.5 Å². The topological polar surface area (TPSA) is 41.6 Å². The SMILES string of the molecule is COc1cc(F)c(F)cc1NC(=O)c1cccc(CN(C)C)c1. The van der Waals surface area contributed by atoms with Crippen LogP contribution in [0.3, 0.4) is 0 Å². The second-order valence-corrected chi connectivity index (χ2v) is 5.36. The first kappa shape index (κ1) is 16.9. The first-order valence-corrected chi connectivity index (χ1v) is 6.98. The molecule has 0 saturated heterocycles. The number of benzene rings is 2. The lowest BCUT2D eigenvalue weighted by Gasteiger charge is -2.13. The monoisotopic (exact) mass is 320 g/mol. The highest BCUT2D eigenvalue weighted by molar-refractivity contribution is 6.05. The molecule has 2 aromatic rings. The molecule has 0 fully saturated rings. The van der Waals surface area contributed by atoms with Gasteiger partial charge in [0.05, 0.1) is 12.8 Å². The van der Waals surface area contributed by atoms with Gasteiger partial charge in [-0.1, -0.05) is 12.1 Å². The lowest BCUT2D eigenvalue weighted by Crippen LogP contribution is -2.15. The van der Waals surface area contributed by atoms with E-state index < -0.39 is 17.5 Å². The van der Waals surface area contributed by atoms with Gasteiger partial charge in [-0.15, -0.1) is 0 Å². The van der Waals surface area contributed by atoms with Crippen molar-refractivity contribution in [2.75, 3.05) is 26.5 Å². The fraction of sp³-hybridized carbons (Fsp3) is 0.235. The summed E-state index contributed by atoms with van der Waals surface area (Å²) in [6.45, 7) is 0.690. The number of nitrogens with one attached hydrogen (secondary N) is 1. The van der Waals surface area contributed by atoms with Gasteiger partial charge in [0, 0.05) is 24.2 Å². The summed E-state index contributed by atoms with van der Waals surface area (Å²) in [5.41, 5.74) is 1.48. The lowest BCUT2D eigenvalue weighted by atomic mass is 10.1. The highest BCUT2D eigenvalue weighted by atomic mass is 19.2. The van der Waals surface area contributed by atoms with Crippen molar-refractivity contribution < 1.29 is 18.3 Å². The summed E-state index contributed by atoms with van der Waals surface area (Å²) in [6, 6.07) is 8.89. The molecule has 0 aliphatic rings. The Morgan fingerprint density at radius 3 is 2.52 bits per heavy atom. The van der Waals surface area contributed by atoms with E-state index in [0.717, 1.165) is 17.7 Å². The average molecular weight is 320 g/mol. The van der Waals surface area contributed by atoms with Crippen LogP contribution in [0.2, 0.25) is 0 Å². The van der Waals surface area contributed by atoms with Gasteiger partial charge in [0.2, 0.25) is 0 Å². The van der Waals surface area contributed by atoms with E-state index >= 15 is 0 Å². The van der Waals surface area contributed by atoms with E-state index in [1.54, 1.807) is 18.2 Å². The van der Waals surface area contributed by atoms with E-state index in [-0.39, 0.29) is 11.4 Å². The normalized spacial score (nSPS) is 10.7. The largest absolute Gasteiger partial charge is 0.494 e. The third kappa shape index (κ3) is 4.26. The van der Waals surface area contributed by atoms with Crippen molar-refractivity contribution >= 4 is 11.6 Å². The summed E-state index contributed by atoms with van der Waals surface area (Å²) in [4.78, 5) is 14.3. The molecule has 0 aliphatic heterocycles. The third-order valence-corrected chi connectivity index (χ3v) is 3.18. The highest BCUT2D eigenvalue weighted by Crippen LogP contribution is 2.27. The van der Waals surface area contributed by atoms with Gasteiger partial charge in [0.25, 0.3) is 5.91 Å². The van der Waals surface area contributed by atoms with Crippen LogP contribution in [0.1, 0.15) is 15.9 Å². The number of carbonyl (C=O) groups is 1. The number of nitrogens with zero attached hydrogens (tertiary/aromatic N) is 1. The standard InChI is InChI=1S/C17H18F2N2O2/c1-21(2)10-11-5-4-6-12(7-11)17(22)20-15-8-13(18)14(19)9-16(15)23-3/h4-9H,10H2,1-3H3,(H,20,22). The zero-order valence-electron chi connectivity index (χ0n) is 13.2. The van der Waals surface area contributed by atoms with Gasteiger partial charge in [-0.05, 0) is 31.8 Å². The molecule has 2 aromatic carbocycles. The van der Waals surface area contributed by atoms with Crippen LogP contribution in [0, 0.1) is 11.6 Å². The van der Waals surface area contributed by atoms with Crippen molar-refractivity contribution in [1.29, 1.82) is 0 Å². The molecule has 0 aromatic heterocycles. The summed E-state index contributed by atoms with van der Waals surface area (Å²) < 4.78 is 31.5. The van der Waals surface area contributed by atoms with Gasteiger partial charge in [-0.2, -0.15) is 0 Å². The Balaban J connectivity index is 2.24. The van der Waals surface area contributed by atoms with Gasteiger partial charge in [0.15, 0.2) is 11.6 Å². The molecule has 122 valence electrons. The number of hydrogen-bond donors (Lipinski definition) is 1. The number of halogens is 2. The Hall–Kier alpha value is -2.47. The molecule has 4 nitrogen and oxygen atoms in total. The smallest absolute Gasteiger partial charge is 0.255 e. The van der Waals surface area contributed by atoms with Crippen LogP contribution in [0.25, 0.3) is 0 Å². The number of carbonyl (C=O) groups excluding carboxylic acids is 1. The van der Waals surface area contributed by atoms with Gasteiger partial charge < -0.3 is 15.0 Å². The molecule has 0 radical (unpaired) electrons. The lowest BCUT2D eigenvalue weighted by molar-refractivity contribution is 0.102. The maximum atomic E-state index is 13.4. The summed E-state index contributed by atoms with van der Waals surface area (Å²) in [6.07, 6.45) is 0. The molecule has 6 heteroatoms. The minimum atomic E-state index is -1.05. The fourth-order valence-corrected chi connectivity index (χ4v) is 2.17. The zero-order chi connectivity index (χ0) is 17.0. The first-order valence-electron chi connectivity index (χ1n) is 6.98. The molecular weight excluding hydrogens is 302 g/mol. The quantitative estimate of drug-likeness (QED) is 0.919. The Bertz CT molecular complexity index is 718. The van der Waals surface area contributed by atoms with E-state index in [1.807, 2.05) is 25.1 Å². The number of amides is 1. The van der Waals surface area contributed by atoms with Crippen molar-refractivity contribution in [1.82, 2.24) is 4.90 Å². The van der Waals surface area contributed by atoms with Gasteiger partial charge in [0.1, 0.15) is 5.75 Å². The number of hydrogen-bond acceptors (Lipinski definition) is 3. The van der Waals surface area contributed by atoms with Crippen molar-refractivity contribution in [3.8, 4) is 5.75 Å². The molecular formula is C17H18F2N2O2. The minimum Gasteiger partial charge on any atom is -0.494 e. The molecule has 0 atom stereocenters. The molecule has 0 heterocycles. The average Bonchev–Trinajstić information content (AvgIpc) is 2.50. The molecule has 1 amide bonds. The number of methoxy groups -OCH3 is 1. The maximum absolute atomic E-state index is 13.4. The number of rotatable bonds is 5. The summed E-state index contributed by atoms with van der Waals surface area (Å²) in [5.74, 6) is -2.45. The molecule has 0 saturated carbocycles. The summed E-state index contributed by atoms with van der Waals surface area (Å²) in [5, 5.41) is 2.54. The van der Waals surface area contributed by atoms with Crippen molar-refractivity contribution in [3.05, 3.63) is 59.2 Å². The molecule has 1 N–H and O–H groups in total. The Kier molecular flexibility index (Phi) is 5.28. The number of anilines is 1. The first-order chi connectivity index (χ1) is 10.9. The number of ether oxygens (including phenoxy) is 1. The minimum absolute atomic E-state index is 0.0571. The molecule has 0 aliphatic carbocycles. The van der Waals surface area contributed by atoms with Gasteiger partial charge in [-0.3, -0.25) is 4.79 Å². The van der Waals surface area contributed by atoms with Crippen LogP contribution in [0.15, 0.2) is 36.4 Å². The van der Waals surface area contributed by atoms with E-state index in [4.69, 9.17) is 4.74 Å². The van der Waals surface area contributed by atoms with Crippen LogP contribution >= 0.6 is 0 Å². The Morgan fingerprint density at radius 1 is 1.17 bits per heavy atom. The summed E-state index contributed by atoms with van der Waals surface area (Å²) >= 11 is 0. The van der Waals surface area contributed by atoms with Crippen LogP contribution in [-0.2, 0) is 6.54 Å².